The molecule has 9 nitrogen and oxygen atoms in total. The summed E-state index contributed by atoms with van der Waals surface area (Å²) >= 11 is 0. The molecule has 0 saturated carbocycles. The third kappa shape index (κ3) is 5.49. The summed E-state index contributed by atoms with van der Waals surface area (Å²) in [6.07, 6.45) is 3.24. The predicted octanol–water partition coefficient (Wildman–Crippen LogP) is 5.02. The summed E-state index contributed by atoms with van der Waals surface area (Å²) < 4.78 is 43.9. The standard InChI is InChI=1S/C26H26N4O5S/c1-17-5-11-21(12-6-17)36(31,32)30-20-9-7-19(8-10-20)29-25-16-27-22(15-28-25)18-13-23(33-2)26(35-4)24(14-18)34-3/h5-16,30H,1-4H3,(H,28,29). The fourth-order valence-electron chi connectivity index (χ4n) is 3.47. The van der Waals surface area contributed by atoms with Gasteiger partial charge in [0.1, 0.15) is 5.82 Å². The van der Waals surface area contributed by atoms with Crippen molar-refractivity contribution in [3.63, 3.8) is 0 Å². The van der Waals surface area contributed by atoms with E-state index in [1.54, 1.807) is 94.4 Å². The van der Waals surface area contributed by atoms with Crippen LogP contribution in [0.5, 0.6) is 17.2 Å². The Hall–Kier alpha value is -4.31. The number of rotatable bonds is 9. The molecule has 0 atom stereocenters. The fourth-order valence-corrected chi connectivity index (χ4v) is 4.53. The summed E-state index contributed by atoms with van der Waals surface area (Å²) in [4.78, 5) is 9.13. The number of ether oxygens (including phenoxy) is 3. The molecule has 2 N–H and O–H groups in total. The zero-order valence-corrected chi connectivity index (χ0v) is 21.1. The van der Waals surface area contributed by atoms with E-state index in [1.807, 2.05) is 6.92 Å². The van der Waals surface area contributed by atoms with Crippen LogP contribution in [-0.4, -0.2) is 39.7 Å². The van der Waals surface area contributed by atoms with Crippen molar-refractivity contribution in [2.24, 2.45) is 0 Å². The number of benzene rings is 3. The summed E-state index contributed by atoms with van der Waals surface area (Å²) in [6, 6.07) is 17.1. The molecular formula is C26H26N4O5S. The van der Waals surface area contributed by atoms with E-state index >= 15 is 0 Å². The summed E-state index contributed by atoms with van der Waals surface area (Å²) in [5, 5.41) is 3.15. The lowest BCUT2D eigenvalue weighted by Gasteiger charge is -2.14. The molecule has 4 rings (SSSR count). The number of methoxy groups -OCH3 is 3. The van der Waals surface area contributed by atoms with E-state index in [9.17, 15) is 8.42 Å². The van der Waals surface area contributed by atoms with Crippen LogP contribution >= 0.6 is 0 Å². The van der Waals surface area contributed by atoms with Crippen molar-refractivity contribution in [2.75, 3.05) is 31.4 Å². The van der Waals surface area contributed by atoms with Gasteiger partial charge in [0.15, 0.2) is 11.5 Å². The topological polar surface area (TPSA) is 112 Å². The number of hydrogen-bond donors (Lipinski definition) is 2. The van der Waals surface area contributed by atoms with Gasteiger partial charge in [0, 0.05) is 16.9 Å². The van der Waals surface area contributed by atoms with Crippen molar-refractivity contribution >= 4 is 27.2 Å². The quantitative estimate of drug-likeness (QED) is 0.325. The molecule has 186 valence electrons. The molecule has 4 aromatic rings. The van der Waals surface area contributed by atoms with Crippen LogP contribution in [0.15, 0.2) is 78.0 Å². The van der Waals surface area contributed by atoms with Gasteiger partial charge in [0.05, 0.1) is 44.3 Å². The molecule has 0 fully saturated rings. The van der Waals surface area contributed by atoms with Gasteiger partial charge in [-0.25, -0.2) is 13.4 Å². The molecule has 0 bridgehead atoms. The first-order chi connectivity index (χ1) is 17.3. The van der Waals surface area contributed by atoms with Crippen molar-refractivity contribution in [3.8, 4) is 28.5 Å². The second-order valence-electron chi connectivity index (χ2n) is 7.82. The van der Waals surface area contributed by atoms with Crippen molar-refractivity contribution in [1.82, 2.24) is 9.97 Å². The van der Waals surface area contributed by atoms with Gasteiger partial charge in [-0.15, -0.1) is 0 Å². The van der Waals surface area contributed by atoms with Crippen molar-refractivity contribution in [1.29, 1.82) is 0 Å². The Balaban J connectivity index is 1.46. The van der Waals surface area contributed by atoms with Crippen LogP contribution in [0.25, 0.3) is 11.3 Å². The summed E-state index contributed by atoms with van der Waals surface area (Å²) in [5.41, 5.74) is 3.55. The van der Waals surface area contributed by atoms with Crippen LogP contribution in [0.4, 0.5) is 17.2 Å². The maximum Gasteiger partial charge on any atom is 0.261 e. The highest BCUT2D eigenvalue weighted by atomic mass is 32.2. The highest BCUT2D eigenvalue weighted by molar-refractivity contribution is 7.92. The van der Waals surface area contributed by atoms with Crippen LogP contribution in [0.1, 0.15) is 5.56 Å². The number of sulfonamides is 1. The highest BCUT2D eigenvalue weighted by Gasteiger charge is 2.16. The lowest BCUT2D eigenvalue weighted by molar-refractivity contribution is 0.324. The third-order valence-electron chi connectivity index (χ3n) is 5.35. The van der Waals surface area contributed by atoms with Crippen LogP contribution in [0.3, 0.4) is 0 Å². The molecule has 36 heavy (non-hydrogen) atoms. The minimum atomic E-state index is -3.67. The smallest absolute Gasteiger partial charge is 0.261 e. The van der Waals surface area contributed by atoms with E-state index < -0.39 is 10.0 Å². The van der Waals surface area contributed by atoms with E-state index in [4.69, 9.17) is 14.2 Å². The molecule has 1 aromatic heterocycles. The second kappa shape index (κ2) is 10.5. The summed E-state index contributed by atoms with van der Waals surface area (Å²) in [5.74, 6) is 2.07. The molecule has 0 aliphatic heterocycles. The summed E-state index contributed by atoms with van der Waals surface area (Å²) in [7, 11) is 0.990. The van der Waals surface area contributed by atoms with Gasteiger partial charge in [-0.3, -0.25) is 9.71 Å². The van der Waals surface area contributed by atoms with Gasteiger partial charge in [0.25, 0.3) is 10.0 Å². The van der Waals surface area contributed by atoms with E-state index in [2.05, 4.69) is 20.0 Å². The second-order valence-corrected chi connectivity index (χ2v) is 9.50. The first-order valence-electron chi connectivity index (χ1n) is 10.9. The molecular weight excluding hydrogens is 480 g/mol. The maximum atomic E-state index is 12.6. The number of aromatic nitrogens is 2. The van der Waals surface area contributed by atoms with Crippen LogP contribution in [-0.2, 0) is 10.0 Å². The first kappa shape index (κ1) is 24.8. The third-order valence-corrected chi connectivity index (χ3v) is 6.75. The highest BCUT2D eigenvalue weighted by Crippen LogP contribution is 2.40. The SMILES string of the molecule is COc1cc(-c2cnc(Nc3ccc(NS(=O)(=O)c4ccc(C)cc4)cc3)cn2)cc(OC)c1OC. The van der Waals surface area contributed by atoms with Gasteiger partial charge < -0.3 is 19.5 Å². The average molecular weight is 507 g/mol. The molecule has 0 saturated heterocycles. The lowest BCUT2D eigenvalue weighted by Crippen LogP contribution is -2.12. The Kier molecular flexibility index (Phi) is 7.25. The van der Waals surface area contributed by atoms with Crippen molar-refractivity contribution in [2.45, 2.75) is 11.8 Å². The largest absolute Gasteiger partial charge is 0.493 e. The van der Waals surface area contributed by atoms with Crippen molar-refractivity contribution < 1.29 is 22.6 Å². The first-order valence-corrected chi connectivity index (χ1v) is 12.4. The normalized spacial score (nSPS) is 11.0. The van der Waals surface area contributed by atoms with E-state index in [1.165, 1.54) is 0 Å². The van der Waals surface area contributed by atoms with Crippen molar-refractivity contribution in [3.05, 3.63) is 78.6 Å². The zero-order valence-electron chi connectivity index (χ0n) is 20.3. The Labute approximate surface area is 210 Å². The van der Waals surface area contributed by atoms with Crippen LogP contribution in [0, 0.1) is 6.92 Å². The molecule has 0 unspecified atom stereocenters. The zero-order chi connectivity index (χ0) is 25.7. The molecule has 3 aromatic carbocycles. The van der Waals surface area contributed by atoms with Gasteiger partial charge in [-0.2, -0.15) is 0 Å². The molecule has 0 radical (unpaired) electrons. The molecule has 1 heterocycles. The Bertz CT molecular complexity index is 1410. The molecule has 0 aliphatic carbocycles. The van der Waals surface area contributed by atoms with Gasteiger partial charge in [0.2, 0.25) is 5.75 Å². The minimum absolute atomic E-state index is 0.206. The number of aryl methyl sites for hydroxylation is 1. The Morgan fingerprint density at radius 1 is 0.750 bits per heavy atom. The Morgan fingerprint density at radius 2 is 1.36 bits per heavy atom. The number of nitrogens with zero attached hydrogens (tertiary/aromatic N) is 2. The van der Waals surface area contributed by atoms with Crippen LogP contribution in [0.2, 0.25) is 0 Å². The van der Waals surface area contributed by atoms with E-state index in [0.29, 0.717) is 34.4 Å². The lowest BCUT2D eigenvalue weighted by atomic mass is 10.1. The summed E-state index contributed by atoms with van der Waals surface area (Å²) in [6.45, 7) is 1.90. The number of hydrogen-bond acceptors (Lipinski definition) is 8. The molecule has 0 amide bonds. The average Bonchev–Trinajstić information content (AvgIpc) is 2.89. The van der Waals surface area contributed by atoms with E-state index in [0.717, 1.165) is 16.8 Å². The number of nitrogens with one attached hydrogen (secondary N) is 2. The molecule has 0 aliphatic rings. The molecule has 10 heteroatoms. The fraction of sp³-hybridized carbons (Fsp3) is 0.154. The monoisotopic (exact) mass is 506 g/mol. The maximum absolute atomic E-state index is 12.6. The molecule has 0 spiro atoms. The van der Waals surface area contributed by atoms with Gasteiger partial charge in [-0.1, -0.05) is 17.7 Å². The van der Waals surface area contributed by atoms with Gasteiger partial charge >= 0.3 is 0 Å². The minimum Gasteiger partial charge on any atom is -0.493 e. The van der Waals surface area contributed by atoms with E-state index in [-0.39, 0.29) is 4.90 Å². The van der Waals surface area contributed by atoms with Crippen LogP contribution < -0.4 is 24.2 Å². The Morgan fingerprint density at radius 3 is 1.89 bits per heavy atom. The number of anilines is 3. The van der Waals surface area contributed by atoms with Gasteiger partial charge in [-0.05, 0) is 55.5 Å². The predicted molar refractivity (Wildman–Crippen MR) is 139 cm³/mol.